The van der Waals surface area contributed by atoms with Gasteiger partial charge in [0.1, 0.15) is 5.82 Å². The quantitative estimate of drug-likeness (QED) is 0.656. The number of anilines is 1. The highest BCUT2D eigenvalue weighted by Crippen LogP contribution is 2.18. The fourth-order valence-electron chi connectivity index (χ4n) is 2.63. The van der Waals surface area contributed by atoms with Gasteiger partial charge in [-0.2, -0.15) is 0 Å². The summed E-state index contributed by atoms with van der Waals surface area (Å²) in [6, 6.07) is 19.8. The molecule has 1 amide bonds. The number of sulfonamides is 1. The van der Waals surface area contributed by atoms with E-state index >= 15 is 0 Å². The van der Waals surface area contributed by atoms with E-state index in [-0.39, 0.29) is 4.90 Å². The minimum Gasteiger partial charge on any atom is -0.322 e. The van der Waals surface area contributed by atoms with Crippen LogP contribution in [0, 0.1) is 5.82 Å². The maximum Gasteiger partial charge on any atom is 0.255 e. The Hall–Kier alpha value is -3.03. The van der Waals surface area contributed by atoms with E-state index in [1.165, 1.54) is 48.5 Å². The van der Waals surface area contributed by atoms with Crippen LogP contribution < -0.4 is 10.0 Å². The summed E-state index contributed by atoms with van der Waals surface area (Å²) in [6.07, 6.45) is 0. The van der Waals surface area contributed by atoms with E-state index in [1.54, 1.807) is 6.92 Å². The summed E-state index contributed by atoms with van der Waals surface area (Å²) >= 11 is 0. The first-order chi connectivity index (χ1) is 13.3. The van der Waals surface area contributed by atoms with Crippen molar-refractivity contribution in [2.24, 2.45) is 0 Å². The first-order valence-corrected chi connectivity index (χ1v) is 10.1. The van der Waals surface area contributed by atoms with Crippen LogP contribution in [0.5, 0.6) is 0 Å². The molecule has 3 aromatic carbocycles. The molecule has 0 bridgehead atoms. The number of hydrogen-bond acceptors (Lipinski definition) is 3. The lowest BCUT2D eigenvalue weighted by molar-refractivity contribution is 0.102. The van der Waals surface area contributed by atoms with Crippen LogP contribution >= 0.6 is 0 Å². The molecule has 7 heteroatoms. The largest absolute Gasteiger partial charge is 0.322 e. The van der Waals surface area contributed by atoms with Crippen molar-refractivity contribution in [1.29, 1.82) is 0 Å². The second-order valence-corrected chi connectivity index (χ2v) is 7.95. The van der Waals surface area contributed by atoms with Crippen LogP contribution in [0.2, 0.25) is 0 Å². The Kier molecular flexibility index (Phi) is 5.87. The normalized spacial score (nSPS) is 12.4. The molecule has 1 unspecified atom stereocenters. The van der Waals surface area contributed by atoms with Gasteiger partial charge in [0.2, 0.25) is 10.0 Å². The van der Waals surface area contributed by atoms with Gasteiger partial charge in [0.05, 0.1) is 4.90 Å². The monoisotopic (exact) mass is 398 g/mol. The van der Waals surface area contributed by atoms with Gasteiger partial charge in [0.15, 0.2) is 0 Å². The van der Waals surface area contributed by atoms with Crippen molar-refractivity contribution < 1.29 is 17.6 Å². The lowest BCUT2D eigenvalue weighted by Gasteiger charge is -2.15. The summed E-state index contributed by atoms with van der Waals surface area (Å²) in [7, 11) is -3.74. The Labute approximate surface area is 163 Å². The van der Waals surface area contributed by atoms with Crippen LogP contribution in [0.1, 0.15) is 28.9 Å². The Morgan fingerprint density at radius 2 is 1.50 bits per heavy atom. The minimum atomic E-state index is -3.74. The number of rotatable bonds is 6. The van der Waals surface area contributed by atoms with Crippen LogP contribution in [0.4, 0.5) is 10.1 Å². The summed E-state index contributed by atoms with van der Waals surface area (Å²) in [5, 5.41) is 2.63. The number of carbonyl (C=O) groups is 1. The van der Waals surface area contributed by atoms with Gasteiger partial charge in [-0.05, 0) is 61.0 Å². The molecule has 0 aliphatic heterocycles. The topological polar surface area (TPSA) is 75.3 Å². The second kappa shape index (κ2) is 8.33. The smallest absolute Gasteiger partial charge is 0.255 e. The third kappa shape index (κ3) is 4.82. The predicted molar refractivity (Wildman–Crippen MR) is 106 cm³/mol. The highest BCUT2D eigenvalue weighted by molar-refractivity contribution is 7.89. The Bertz CT molecular complexity index is 1050. The molecule has 0 radical (unpaired) electrons. The number of amides is 1. The molecule has 3 rings (SSSR count). The number of nitrogens with one attached hydrogen (secondary N) is 2. The molecule has 0 spiro atoms. The number of hydrogen-bond donors (Lipinski definition) is 2. The summed E-state index contributed by atoms with van der Waals surface area (Å²) in [5.74, 6) is -0.814. The molecule has 0 aliphatic carbocycles. The summed E-state index contributed by atoms with van der Waals surface area (Å²) in [6.45, 7) is 1.76. The van der Waals surface area contributed by atoms with Gasteiger partial charge >= 0.3 is 0 Å². The van der Waals surface area contributed by atoms with Crippen LogP contribution in [0.15, 0.2) is 83.8 Å². The van der Waals surface area contributed by atoms with Gasteiger partial charge in [0, 0.05) is 17.3 Å². The summed E-state index contributed by atoms with van der Waals surface area (Å²) in [5.41, 5.74) is 1.59. The fraction of sp³-hybridized carbons (Fsp3) is 0.0952. The zero-order chi connectivity index (χ0) is 20.1. The molecule has 0 aromatic heterocycles. The van der Waals surface area contributed by atoms with Crippen molar-refractivity contribution in [3.63, 3.8) is 0 Å². The standard InChI is InChI=1S/C21H19FN2O3S/c1-15(16-5-3-2-4-6-16)24-28(26,27)20-13-7-17(8-14-20)21(25)23-19-11-9-18(22)10-12-19/h2-15,24H,1H3,(H,23,25). The average Bonchev–Trinajstić information content (AvgIpc) is 2.70. The van der Waals surface area contributed by atoms with E-state index in [0.29, 0.717) is 11.3 Å². The number of halogens is 1. The lowest BCUT2D eigenvalue weighted by Crippen LogP contribution is -2.27. The predicted octanol–water partition coefficient (Wildman–Crippen LogP) is 4.12. The average molecular weight is 398 g/mol. The van der Waals surface area contributed by atoms with Gasteiger partial charge in [0.25, 0.3) is 5.91 Å². The summed E-state index contributed by atoms with van der Waals surface area (Å²) in [4.78, 5) is 12.3. The summed E-state index contributed by atoms with van der Waals surface area (Å²) < 4.78 is 40.7. The third-order valence-corrected chi connectivity index (χ3v) is 5.72. The zero-order valence-electron chi connectivity index (χ0n) is 15.1. The highest BCUT2D eigenvalue weighted by atomic mass is 32.2. The number of carbonyl (C=O) groups excluding carboxylic acids is 1. The molecule has 5 nitrogen and oxygen atoms in total. The molecule has 28 heavy (non-hydrogen) atoms. The molecule has 0 aliphatic rings. The molecule has 0 saturated heterocycles. The van der Waals surface area contributed by atoms with Crippen LogP contribution in [0.25, 0.3) is 0 Å². The van der Waals surface area contributed by atoms with Gasteiger partial charge in [-0.3, -0.25) is 4.79 Å². The lowest BCUT2D eigenvalue weighted by atomic mass is 10.1. The Balaban J connectivity index is 1.70. The molecule has 0 fully saturated rings. The zero-order valence-corrected chi connectivity index (χ0v) is 15.9. The van der Waals surface area contributed by atoms with Gasteiger partial charge in [-0.25, -0.2) is 17.5 Å². The first-order valence-electron chi connectivity index (χ1n) is 8.59. The van der Waals surface area contributed by atoms with E-state index in [0.717, 1.165) is 5.56 Å². The molecule has 144 valence electrons. The van der Waals surface area contributed by atoms with Crippen LogP contribution in [-0.4, -0.2) is 14.3 Å². The molecule has 2 N–H and O–H groups in total. The van der Waals surface area contributed by atoms with Crippen molar-refractivity contribution in [2.45, 2.75) is 17.9 Å². The Morgan fingerprint density at radius 3 is 2.11 bits per heavy atom. The molecular weight excluding hydrogens is 379 g/mol. The molecule has 3 aromatic rings. The fourth-order valence-corrected chi connectivity index (χ4v) is 3.86. The molecule has 0 heterocycles. The SMILES string of the molecule is CC(NS(=O)(=O)c1ccc(C(=O)Nc2ccc(F)cc2)cc1)c1ccccc1. The number of benzene rings is 3. The third-order valence-electron chi connectivity index (χ3n) is 4.16. The second-order valence-electron chi connectivity index (χ2n) is 6.24. The van der Waals surface area contributed by atoms with Crippen molar-refractivity contribution in [3.05, 3.63) is 95.8 Å². The van der Waals surface area contributed by atoms with E-state index in [9.17, 15) is 17.6 Å². The van der Waals surface area contributed by atoms with Crippen molar-refractivity contribution in [2.75, 3.05) is 5.32 Å². The van der Waals surface area contributed by atoms with Crippen LogP contribution in [0.3, 0.4) is 0 Å². The molecular formula is C21H19FN2O3S. The molecule has 0 saturated carbocycles. The van der Waals surface area contributed by atoms with E-state index < -0.39 is 27.8 Å². The van der Waals surface area contributed by atoms with Crippen molar-refractivity contribution in [3.8, 4) is 0 Å². The maximum absolute atomic E-state index is 12.9. The first kappa shape index (κ1) is 19.7. The van der Waals surface area contributed by atoms with Crippen molar-refractivity contribution >= 4 is 21.6 Å². The van der Waals surface area contributed by atoms with Gasteiger partial charge < -0.3 is 5.32 Å². The molecule has 1 atom stereocenters. The minimum absolute atomic E-state index is 0.0635. The van der Waals surface area contributed by atoms with E-state index in [4.69, 9.17) is 0 Å². The van der Waals surface area contributed by atoms with Crippen molar-refractivity contribution in [1.82, 2.24) is 4.72 Å². The maximum atomic E-state index is 12.9. The Morgan fingerprint density at radius 1 is 0.893 bits per heavy atom. The van der Waals surface area contributed by atoms with E-state index in [2.05, 4.69) is 10.0 Å². The highest BCUT2D eigenvalue weighted by Gasteiger charge is 2.19. The van der Waals surface area contributed by atoms with Crippen LogP contribution in [-0.2, 0) is 10.0 Å². The van der Waals surface area contributed by atoms with E-state index in [1.807, 2.05) is 30.3 Å². The van der Waals surface area contributed by atoms with Gasteiger partial charge in [-0.15, -0.1) is 0 Å². The van der Waals surface area contributed by atoms with Gasteiger partial charge in [-0.1, -0.05) is 30.3 Å².